The van der Waals surface area contributed by atoms with Crippen LogP contribution in [0.15, 0.2) is 11.4 Å². The maximum Gasteiger partial charge on any atom is 0.349 e. The molecule has 0 aliphatic heterocycles. The van der Waals surface area contributed by atoms with Crippen LogP contribution in [0.5, 0.6) is 0 Å². The van der Waals surface area contributed by atoms with Crippen LogP contribution in [0, 0.1) is 17.8 Å². The van der Waals surface area contributed by atoms with Crippen molar-refractivity contribution in [1.29, 1.82) is 0 Å². The summed E-state index contributed by atoms with van der Waals surface area (Å²) in [5.41, 5.74) is 4.04. The lowest BCUT2D eigenvalue weighted by molar-refractivity contribution is -0.145. The first-order valence-electron chi connectivity index (χ1n) is 5.10. The fourth-order valence-electron chi connectivity index (χ4n) is 2.86. The largest absolute Gasteiger partial charge is 0.481 e. The van der Waals surface area contributed by atoms with Gasteiger partial charge in [-0.3, -0.25) is 14.2 Å². The highest BCUT2D eigenvalue weighted by molar-refractivity contribution is 7.55. The molecule has 6 N–H and O–H groups in total. The first-order chi connectivity index (χ1) is 8.08. The molecule has 2 aliphatic rings. The number of nitrogens with two attached hydrogens (primary N) is 1. The molecular formula is C9H12NO7P. The van der Waals surface area contributed by atoms with Crippen LogP contribution in [-0.4, -0.2) is 37.5 Å². The van der Waals surface area contributed by atoms with Crippen molar-refractivity contribution in [2.45, 2.75) is 12.0 Å². The van der Waals surface area contributed by atoms with E-state index in [-0.39, 0.29) is 12.0 Å². The van der Waals surface area contributed by atoms with Gasteiger partial charge in [-0.2, -0.15) is 0 Å². The number of hydrogen-bond acceptors (Lipinski definition) is 4. The van der Waals surface area contributed by atoms with Gasteiger partial charge in [-0.1, -0.05) is 5.57 Å². The molecule has 0 amide bonds. The summed E-state index contributed by atoms with van der Waals surface area (Å²) in [7, 11) is -4.47. The molecule has 0 heterocycles. The van der Waals surface area contributed by atoms with Crippen LogP contribution in [0.25, 0.3) is 0 Å². The molecule has 0 unspecified atom stereocenters. The normalized spacial score (nSPS) is 40.6. The van der Waals surface area contributed by atoms with Crippen molar-refractivity contribution in [2.24, 2.45) is 23.5 Å². The molecule has 2 saturated carbocycles. The van der Waals surface area contributed by atoms with Crippen molar-refractivity contribution in [3.8, 4) is 0 Å². The van der Waals surface area contributed by atoms with E-state index in [1.807, 2.05) is 0 Å². The van der Waals surface area contributed by atoms with Gasteiger partial charge >= 0.3 is 19.5 Å². The van der Waals surface area contributed by atoms with E-state index in [4.69, 9.17) is 25.7 Å². The second-order valence-electron chi connectivity index (χ2n) is 4.73. The maximum absolute atomic E-state index is 11.1. The summed E-state index contributed by atoms with van der Waals surface area (Å²) in [6, 6.07) is 0. The van der Waals surface area contributed by atoms with Crippen LogP contribution in [0.4, 0.5) is 0 Å². The first-order valence-corrected chi connectivity index (χ1v) is 6.78. The smallest absolute Gasteiger partial charge is 0.349 e. The summed E-state index contributed by atoms with van der Waals surface area (Å²) in [6.45, 7) is 0. The summed E-state index contributed by atoms with van der Waals surface area (Å²) in [5.74, 6) is -4.36. The van der Waals surface area contributed by atoms with Gasteiger partial charge in [-0.05, 0) is 6.42 Å². The number of carbonyl (C=O) groups is 2. The lowest BCUT2D eigenvalue weighted by Gasteiger charge is -2.21. The standard InChI is InChI=1S/C9H12NO7P/c10-9(8(13)14)1-3(2-18(15,16)17)4-5(6(4)9)7(11)12/h2,4-6H,1,10H2,(H,11,12)(H,13,14)(H2,15,16,17)/t4-,5-,6-,9-/m0/s1. The van der Waals surface area contributed by atoms with E-state index in [0.29, 0.717) is 5.82 Å². The van der Waals surface area contributed by atoms with Crippen molar-refractivity contribution in [3.05, 3.63) is 11.4 Å². The quantitative estimate of drug-likeness (QED) is 0.418. The average molecular weight is 277 g/mol. The lowest BCUT2D eigenvalue weighted by Crippen LogP contribution is -2.49. The third-order valence-electron chi connectivity index (χ3n) is 3.56. The van der Waals surface area contributed by atoms with Gasteiger partial charge in [0.05, 0.1) is 5.92 Å². The summed E-state index contributed by atoms with van der Waals surface area (Å²) >= 11 is 0. The molecule has 8 nitrogen and oxygen atoms in total. The zero-order valence-electron chi connectivity index (χ0n) is 9.05. The fourth-order valence-corrected chi connectivity index (χ4v) is 3.56. The van der Waals surface area contributed by atoms with E-state index in [0.717, 1.165) is 0 Å². The van der Waals surface area contributed by atoms with Gasteiger partial charge in [0, 0.05) is 17.7 Å². The Hall–Kier alpha value is -1.21. The predicted molar refractivity (Wildman–Crippen MR) is 57.4 cm³/mol. The van der Waals surface area contributed by atoms with Crippen molar-refractivity contribution >= 4 is 19.5 Å². The number of fused-ring (bicyclic) bond motifs is 1. The molecule has 100 valence electrons. The van der Waals surface area contributed by atoms with E-state index in [1.54, 1.807) is 0 Å². The van der Waals surface area contributed by atoms with Gasteiger partial charge in [0.1, 0.15) is 5.54 Å². The van der Waals surface area contributed by atoms with Crippen molar-refractivity contribution in [3.63, 3.8) is 0 Å². The van der Waals surface area contributed by atoms with E-state index in [1.165, 1.54) is 0 Å². The zero-order chi connectivity index (χ0) is 13.9. The molecule has 0 spiro atoms. The van der Waals surface area contributed by atoms with Crippen molar-refractivity contribution in [1.82, 2.24) is 0 Å². The molecular weight excluding hydrogens is 265 g/mol. The first kappa shape index (κ1) is 13.2. The molecule has 0 saturated heterocycles. The summed E-state index contributed by atoms with van der Waals surface area (Å²) in [4.78, 5) is 39.7. The minimum atomic E-state index is -4.47. The monoisotopic (exact) mass is 277 g/mol. The lowest BCUT2D eigenvalue weighted by atomic mass is 9.90. The molecule has 0 radical (unpaired) electrons. The predicted octanol–water partition coefficient (Wildman–Crippen LogP) is -0.819. The molecule has 0 bridgehead atoms. The van der Waals surface area contributed by atoms with Crippen molar-refractivity contribution in [2.75, 3.05) is 0 Å². The topological polar surface area (TPSA) is 158 Å². The molecule has 2 aliphatic carbocycles. The van der Waals surface area contributed by atoms with E-state index in [9.17, 15) is 14.2 Å². The van der Waals surface area contributed by atoms with Gasteiger partial charge in [0.15, 0.2) is 0 Å². The molecule has 0 aromatic rings. The number of rotatable bonds is 3. The van der Waals surface area contributed by atoms with E-state index >= 15 is 0 Å². The fraction of sp³-hybridized carbons (Fsp3) is 0.556. The Balaban J connectivity index is 2.40. The molecule has 2 fully saturated rings. The van der Waals surface area contributed by atoms with Gasteiger partial charge in [-0.25, -0.2) is 0 Å². The Morgan fingerprint density at radius 2 is 1.94 bits per heavy atom. The Bertz CT molecular complexity index is 509. The van der Waals surface area contributed by atoms with E-state index in [2.05, 4.69) is 0 Å². The highest BCUT2D eigenvalue weighted by Gasteiger charge is 2.72. The summed E-state index contributed by atoms with van der Waals surface area (Å²) < 4.78 is 10.9. The summed E-state index contributed by atoms with van der Waals surface area (Å²) in [5, 5.41) is 18.0. The molecule has 4 atom stereocenters. The Morgan fingerprint density at radius 3 is 2.33 bits per heavy atom. The van der Waals surface area contributed by atoms with Crippen LogP contribution in [0.1, 0.15) is 6.42 Å². The number of hydrogen-bond donors (Lipinski definition) is 5. The van der Waals surface area contributed by atoms with Gasteiger partial charge < -0.3 is 25.7 Å². The van der Waals surface area contributed by atoms with E-state index < -0.39 is 42.8 Å². The second-order valence-corrected chi connectivity index (χ2v) is 6.17. The van der Waals surface area contributed by atoms with Crippen LogP contribution in [0.2, 0.25) is 0 Å². The van der Waals surface area contributed by atoms with Crippen LogP contribution < -0.4 is 5.73 Å². The zero-order valence-corrected chi connectivity index (χ0v) is 9.95. The second kappa shape index (κ2) is 3.64. The minimum Gasteiger partial charge on any atom is -0.481 e. The number of carboxylic acids is 2. The van der Waals surface area contributed by atoms with Gasteiger partial charge in [0.25, 0.3) is 0 Å². The molecule has 18 heavy (non-hydrogen) atoms. The SMILES string of the molecule is N[C@@]1(C(=O)O)CC(=CP(=O)(O)O)[C@H]2[C@H](C(=O)O)[C@H]21. The maximum atomic E-state index is 11.1. The molecule has 0 aromatic heterocycles. The highest BCUT2D eigenvalue weighted by atomic mass is 31.2. The third kappa shape index (κ3) is 1.87. The van der Waals surface area contributed by atoms with Gasteiger partial charge in [-0.15, -0.1) is 0 Å². The highest BCUT2D eigenvalue weighted by Crippen LogP contribution is 2.65. The van der Waals surface area contributed by atoms with Crippen LogP contribution >= 0.6 is 7.60 Å². The third-order valence-corrected chi connectivity index (χ3v) is 4.22. The molecule has 2 rings (SSSR count). The Kier molecular flexibility index (Phi) is 2.68. The summed E-state index contributed by atoms with van der Waals surface area (Å²) in [6.07, 6.45) is -0.230. The Labute approximate surface area is 101 Å². The molecule has 0 aromatic carbocycles. The van der Waals surface area contributed by atoms with Crippen LogP contribution in [0.3, 0.4) is 0 Å². The Morgan fingerprint density at radius 1 is 1.39 bits per heavy atom. The average Bonchev–Trinajstić information content (AvgIpc) is 2.82. The number of carboxylic acid groups (broad SMARTS) is 2. The van der Waals surface area contributed by atoms with Gasteiger partial charge in [0.2, 0.25) is 0 Å². The van der Waals surface area contributed by atoms with Crippen molar-refractivity contribution < 1.29 is 34.2 Å². The number of aliphatic carboxylic acids is 2. The molecule has 9 heteroatoms. The van der Waals surface area contributed by atoms with Crippen LogP contribution in [-0.2, 0) is 14.2 Å². The minimum absolute atomic E-state index is 0.130.